The fourth-order valence-electron chi connectivity index (χ4n) is 5.15. The van der Waals surface area contributed by atoms with Crippen LogP contribution in [0.1, 0.15) is 35.3 Å². The lowest BCUT2D eigenvalue weighted by atomic mass is 9.83. The third-order valence-electron chi connectivity index (χ3n) is 6.69. The van der Waals surface area contributed by atoms with Crippen molar-refractivity contribution in [2.45, 2.75) is 44.6 Å². The fourth-order valence-corrected chi connectivity index (χ4v) is 6.26. The van der Waals surface area contributed by atoms with E-state index in [1.54, 1.807) is 6.07 Å². The summed E-state index contributed by atoms with van der Waals surface area (Å²) in [5.41, 5.74) is -0.115. The van der Waals surface area contributed by atoms with E-state index in [-0.39, 0.29) is 18.5 Å². The summed E-state index contributed by atoms with van der Waals surface area (Å²) in [6.45, 7) is 2.97. The lowest BCUT2D eigenvalue weighted by Gasteiger charge is -2.47. The Labute approximate surface area is 189 Å². The minimum absolute atomic E-state index is 0.0571. The van der Waals surface area contributed by atoms with Crippen LogP contribution in [-0.2, 0) is 24.1 Å². The maximum atomic E-state index is 13.1. The van der Waals surface area contributed by atoms with E-state index in [0.29, 0.717) is 17.9 Å². The topological polar surface area (TPSA) is 23.6 Å². The van der Waals surface area contributed by atoms with Gasteiger partial charge in [0.1, 0.15) is 0 Å². The number of amides is 1. The SMILES string of the molecule is O=C1CC[C@@H]2CN(Cc3cc4ccccc4s3)CC[C@@H]2N1Cc1cccc(C(F)(F)F)c1. The molecule has 32 heavy (non-hydrogen) atoms. The van der Waals surface area contributed by atoms with Gasteiger partial charge in [-0.15, -0.1) is 11.3 Å². The molecule has 5 rings (SSSR count). The minimum atomic E-state index is -4.37. The van der Waals surface area contributed by atoms with Gasteiger partial charge in [0.25, 0.3) is 0 Å². The number of rotatable bonds is 4. The summed E-state index contributed by atoms with van der Waals surface area (Å²) in [5, 5.41) is 1.28. The second kappa shape index (κ2) is 8.52. The molecule has 0 bridgehead atoms. The van der Waals surface area contributed by atoms with Crippen LogP contribution in [0.5, 0.6) is 0 Å². The van der Waals surface area contributed by atoms with E-state index < -0.39 is 11.7 Å². The lowest BCUT2D eigenvalue weighted by molar-refractivity contribution is -0.142. The smallest absolute Gasteiger partial charge is 0.335 e. The van der Waals surface area contributed by atoms with Gasteiger partial charge >= 0.3 is 6.18 Å². The number of benzene rings is 2. The van der Waals surface area contributed by atoms with Crippen LogP contribution in [0, 0.1) is 5.92 Å². The number of halogens is 3. The van der Waals surface area contributed by atoms with Crippen molar-refractivity contribution in [2.24, 2.45) is 5.92 Å². The van der Waals surface area contributed by atoms with Gasteiger partial charge in [-0.2, -0.15) is 13.2 Å². The standard InChI is InChI=1S/C25H25F3N2OS/c26-25(27,28)20-6-3-4-17(12-20)14-30-22-10-11-29(15-19(22)8-9-24(30)31)16-21-13-18-5-1-2-7-23(18)32-21/h1-7,12-13,19,22H,8-11,14-16H2/t19-,22+/m1/s1. The lowest BCUT2D eigenvalue weighted by Crippen LogP contribution is -2.55. The Hall–Kier alpha value is -2.38. The predicted molar refractivity (Wildman–Crippen MR) is 120 cm³/mol. The number of carbonyl (C=O) groups excluding carboxylic acids is 1. The summed E-state index contributed by atoms with van der Waals surface area (Å²) in [6, 6.07) is 16.1. The van der Waals surface area contributed by atoms with E-state index >= 15 is 0 Å². The van der Waals surface area contributed by atoms with E-state index in [1.165, 1.54) is 27.1 Å². The number of alkyl halides is 3. The van der Waals surface area contributed by atoms with E-state index in [1.807, 2.05) is 16.2 Å². The summed E-state index contributed by atoms with van der Waals surface area (Å²) >= 11 is 1.83. The van der Waals surface area contributed by atoms with Crippen molar-refractivity contribution in [2.75, 3.05) is 13.1 Å². The van der Waals surface area contributed by atoms with Gasteiger partial charge in [-0.25, -0.2) is 0 Å². The molecule has 2 aliphatic rings. The largest absolute Gasteiger partial charge is 0.416 e. The number of thiophene rings is 1. The van der Waals surface area contributed by atoms with Gasteiger partial charge < -0.3 is 4.90 Å². The maximum absolute atomic E-state index is 13.1. The van der Waals surface area contributed by atoms with Crippen LogP contribution >= 0.6 is 11.3 Å². The van der Waals surface area contributed by atoms with Crippen molar-refractivity contribution in [3.63, 3.8) is 0 Å². The summed E-state index contributed by atoms with van der Waals surface area (Å²) < 4.78 is 40.6. The monoisotopic (exact) mass is 458 g/mol. The Balaban J connectivity index is 1.27. The number of fused-ring (bicyclic) bond motifs is 2. The molecule has 3 heterocycles. The van der Waals surface area contributed by atoms with Crippen LogP contribution in [0.3, 0.4) is 0 Å². The predicted octanol–water partition coefficient (Wildman–Crippen LogP) is 5.93. The average Bonchev–Trinajstić information content (AvgIpc) is 3.18. The molecule has 2 aliphatic heterocycles. The third-order valence-corrected chi connectivity index (χ3v) is 7.79. The highest BCUT2D eigenvalue weighted by molar-refractivity contribution is 7.19. The molecule has 0 unspecified atom stereocenters. The molecule has 3 aromatic rings. The molecule has 0 N–H and O–H groups in total. The van der Waals surface area contributed by atoms with Crippen LogP contribution in [0.2, 0.25) is 0 Å². The fraction of sp³-hybridized carbons (Fsp3) is 0.400. The van der Waals surface area contributed by atoms with Gasteiger partial charge in [-0.1, -0.05) is 30.3 Å². The molecule has 0 radical (unpaired) electrons. The second-order valence-electron chi connectivity index (χ2n) is 8.86. The first-order chi connectivity index (χ1) is 15.4. The number of likely N-dealkylation sites (tertiary alicyclic amines) is 2. The highest BCUT2D eigenvalue weighted by Crippen LogP contribution is 2.35. The van der Waals surface area contributed by atoms with E-state index in [0.717, 1.165) is 38.5 Å². The minimum Gasteiger partial charge on any atom is -0.335 e. The zero-order valence-corrected chi connectivity index (χ0v) is 18.5. The van der Waals surface area contributed by atoms with Crippen LogP contribution in [0.25, 0.3) is 10.1 Å². The molecule has 2 fully saturated rings. The van der Waals surface area contributed by atoms with E-state index in [9.17, 15) is 18.0 Å². The van der Waals surface area contributed by atoms with E-state index in [2.05, 4.69) is 35.2 Å². The molecule has 2 saturated heterocycles. The van der Waals surface area contributed by atoms with Gasteiger partial charge in [0, 0.05) is 48.2 Å². The molecule has 2 atom stereocenters. The molecule has 168 valence electrons. The Kier molecular flexibility index (Phi) is 5.72. The van der Waals surface area contributed by atoms with E-state index in [4.69, 9.17) is 0 Å². The second-order valence-corrected chi connectivity index (χ2v) is 10.0. The van der Waals surface area contributed by atoms with Crippen molar-refractivity contribution < 1.29 is 18.0 Å². The Morgan fingerprint density at radius 3 is 2.66 bits per heavy atom. The van der Waals surface area contributed by atoms with Gasteiger partial charge in [-0.05, 0) is 54.0 Å². The first kappa shape index (κ1) is 21.5. The van der Waals surface area contributed by atoms with Gasteiger partial charge in [0.15, 0.2) is 0 Å². The summed E-state index contributed by atoms with van der Waals surface area (Å²) in [7, 11) is 0. The van der Waals surface area contributed by atoms with Crippen molar-refractivity contribution in [1.82, 2.24) is 9.80 Å². The van der Waals surface area contributed by atoms with Crippen LogP contribution < -0.4 is 0 Å². The molecule has 7 heteroatoms. The zero-order valence-electron chi connectivity index (χ0n) is 17.6. The molecule has 1 amide bonds. The molecule has 1 aromatic heterocycles. The molecule has 2 aromatic carbocycles. The van der Waals surface area contributed by atoms with Gasteiger partial charge in [-0.3, -0.25) is 9.69 Å². The van der Waals surface area contributed by atoms with Crippen molar-refractivity contribution in [3.05, 3.63) is 70.6 Å². The highest BCUT2D eigenvalue weighted by Gasteiger charge is 2.39. The normalized spacial score (nSPS) is 22.3. The molecular formula is C25H25F3N2OS. The van der Waals surface area contributed by atoms with Gasteiger partial charge in [0.05, 0.1) is 5.56 Å². The summed E-state index contributed by atoms with van der Waals surface area (Å²) in [4.78, 5) is 18.3. The third kappa shape index (κ3) is 4.41. The highest BCUT2D eigenvalue weighted by atomic mass is 32.1. The van der Waals surface area contributed by atoms with Gasteiger partial charge in [0.2, 0.25) is 5.91 Å². The molecule has 0 aliphatic carbocycles. The summed E-state index contributed by atoms with van der Waals surface area (Å²) in [5.74, 6) is 0.420. The molecule has 3 nitrogen and oxygen atoms in total. The maximum Gasteiger partial charge on any atom is 0.416 e. The average molecular weight is 459 g/mol. The molecule has 0 spiro atoms. The van der Waals surface area contributed by atoms with Crippen molar-refractivity contribution in [3.8, 4) is 0 Å². The van der Waals surface area contributed by atoms with Crippen molar-refractivity contribution >= 4 is 27.3 Å². The summed E-state index contributed by atoms with van der Waals surface area (Å²) in [6.07, 6.45) is -2.19. The number of hydrogen-bond acceptors (Lipinski definition) is 3. The Morgan fingerprint density at radius 2 is 1.84 bits per heavy atom. The molecular weight excluding hydrogens is 433 g/mol. The quantitative estimate of drug-likeness (QED) is 0.484. The van der Waals surface area contributed by atoms with Crippen LogP contribution in [-0.4, -0.2) is 34.8 Å². The first-order valence-corrected chi connectivity index (χ1v) is 11.8. The number of hydrogen-bond donors (Lipinski definition) is 0. The number of carbonyl (C=O) groups is 1. The Bertz CT molecular complexity index is 1090. The van der Waals surface area contributed by atoms with Crippen LogP contribution in [0.15, 0.2) is 54.6 Å². The Morgan fingerprint density at radius 1 is 1.00 bits per heavy atom. The first-order valence-electron chi connectivity index (χ1n) is 11.0. The van der Waals surface area contributed by atoms with Crippen molar-refractivity contribution in [1.29, 1.82) is 0 Å². The molecule has 0 saturated carbocycles. The zero-order chi connectivity index (χ0) is 22.3. The van der Waals surface area contributed by atoms with Crippen LogP contribution in [0.4, 0.5) is 13.2 Å². The number of nitrogens with zero attached hydrogens (tertiary/aromatic N) is 2. The number of piperidine rings is 2.